The molecule has 0 radical (unpaired) electrons. The van der Waals surface area contributed by atoms with Crippen LogP contribution in [0.15, 0.2) is 24.3 Å². The van der Waals surface area contributed by atoms with Gasteiger partial charge in [-0.05, 0) is 51.3 Å². The fourth-order valence-electron chi connectivity index (χ4n) is 3.38. The van der Waals surface area contributed by atoms with E-state index in [1.165, 1.54) is 17.0 Å². The van der Waals surface area contributed by atoms with Gasteiger partial charge in [0, 0.05) is 18.8 Å². The second kappa shape index (κ2) is 14.8. The first kappa shape index (κ1) is 29.6. The molecule has 9 heteroatoms. The Morgan fingerprint density at radius 2 is 1.79 bits per heavy atom. The number of rotatable bonds is 13. The number of phenols is 1. The SMILES string of the molecule is CCCCCNC(=O)C(c1cccc(O)c1)N(CCCC)C(=O)C(CS)NC(=O)OC(C)(C)C. The number of benzene rings is 1. The average molecular weight is 496 g/mol. The number of amides is 3. The number of nitrogens with one attached hydrogen (secondary N) is 2. The highest BCUT2D eigenvalue weighted by molar-refractivity contribution is 7.80. The minimum atomic E-state index is -0.984. The predicted octanol–water partition coefficient (Wildman–Crippen LogP) is 4.19. The predicted molar refractivity (Wildman–Crippen MR) is 137 cm³/mol. The Hall–Kier alpha value is -2.42. The van der Waals surface area contributed by atoms with Crippen LogP contribution >= 0.6 is 12.6 Å². The van der Waals surface area contributed by atoms with Crippen molar-refractivity contribution in [3.8, 4) is 5.75 Å². The van der Waals surface area contributed by atoms with Gasteiger partial charge in [0.05, 0.1) is 0 Å². The maximum Gasteiger partial charge on any atom is 0.408 e. The summed E-state index contributed by atoms with van der Waals surface area (Å²) >= 11 is 4.27. The lowest BCUT2D eigenvalue weighted by molar-refractivity contribution is -0.142. The van der Waals surface area contributed by atoms with Crippen LogP contribution in [0.2, 0.25) is 0 Å². The number of hydrogen-bond acceptors (Lipinski definition) is 6. The standard InChI is InChI=1S/C25H41N3O5S/c1-6-8-10-14-26-22(30)21(18-12-11-13-19(29)16-18)28(15-9-7-2)23(31)20(17-34)27-24(32)33-25(3,4)5/h11-13,16,20-21,29,34H,6-10,14-15,17H2,1-5H3,(H,26,30)(H,27,32). The highest BCUT2D eigenvalue weighted by Gasteiger charge is 2.35. The molecule has 0 aromatic heterocycles. The molecule has 1 aromatic carbocycles. The summed E-state index contributed by atoms with van der Waals surface area (Å²) in [5, 5.41) is 15.6. The van der Waals surface area contributed by atoms with Gasteiger partial charge in [-0.3, -0.25) is 9.59 Å². The number of carbonyl (C=O) groups is 3. The monoisotopic (exact) mass is 495 g/mol. The number of carbonyl (C=O) groups excluding carboxylic acids is 3. The number of ether oxygens (including phenoxy) is 1. The van der Waals surface area contributed by atoms with Gasteiger partial charge in [0.15, 0.2) is 0 Å². The van der Waals surface area contributed by atoms with E-state index in [1.54, 1.807) is 32.9 Å². The molecule has 192 valence electrons. The van der Waals surface area contributed by atoms with Crippen LogP contribution in [-0.4, -0.2) is 58.4 Å². The third-order valence-electron chi connectivity index (χ3n) is 5.03. The lowest BCUT2D eigenvalue weighted by Crippen LogP contribution is -2.54. The second-order valence-electron chi connectivity index (χ2n) is 9.26. The minimum absolute atomic E-state index is 0.00167. The first-order valence-electron chi connectivity index (χ1n) is 12.0. The van der Waals surface area contributed by atoms with Crippen molar-refractivity contribution in [2.75, 3.05) is 18.8 Å². The Bertz CT molecular complexity index is 797. The second-order valence-corrected chi connectivity index (χ2v) is 9.63. The van der Waals surface area contributed by atoms with E-state index in [0.717, 1.165) is 25.7 Å². The van der Waals surface area contributed by atoms with E-state index in [4.69, 9.17) is 4.74 Å². The van der Waals surface area contributed by atoms with Crippen molar-refractivity contribution in [2.45, 2.75) is 84.4 Å². The molecule has 1 aromatic rings. The van der Waals surface area contributed by atoms with E-state index in [0.29, 0.717) is 25.1 Å². The van der Waals surface area contributed by atoms with Crippen molar-refractivity contribution in [3.63, 3.8) is 0 Å². The van der Waals surface area contributed by atoms with Crippen LogP contribution in [0.5, 0.6) is 5.75 Å². The summed E-state index contributed by atoms with van der Waals surface area (Å²) in [6.07, 6.45) is 3.57. The van der Waals surface area contributed by atoms with Crippen molar-refractivity contribution in [2.24, 2.45) is 0 Å². The lowest BCUT2D eigenvalue weighted by Gasteiger charge is -2.34. The molecule has 2 atom stereocenters. The van der Waals surface area contributed by atoms with Gasteiger partial charge < -0.3 is 25.4 Å². The molecular formula is C25H41N3O5S. The quantitative estimate of drug-likeness (QED) is 0.242. The van der Waals surface area contributed by atoms with E-state index in [9.17, 15) is 19.5 Å². The minimum Gasteiger partial charge on any atom is -0.508 e. The van der Waals surface area contributed by atoms with Crippen LogP contribution in [0.3, 0.4) is 0 Å². The fourth-order valence-corrected chi connectivity index (χ4v) is 3.63. The molecule has 2 unspecified atom stereocenters. The maximum atomic E-state index is 13.6. The molecule has 34 heavy (non-hydrogen) atoms. The van der Waals surface area contributed by atoms with Gasteiger partial charge in [-0.15, -0.1) is 0 Å². The molecule has 0 saturated heterocycles. The van der Waals surface area contributed by atoms with Crippen LogP contribution in [0.25, 0.3) is 0 Å². The Morgan fingerprint density at radius 3 is 2.35 bits per heavy atom. The highest BCUT2D eigenvalue weighted by Crippen LogP contribution is 2.26. The van der Waals surface area contributed by atoms with Crippen LogP contribution in [0.1, 0.15) is 78.3 Å². The van der Waals surface area contributed by atoms with Crippen LogP contribution in [0, 0.1) is 0 Å². The van der Waals surface area contributed by atoms with E-state index in [-0.39, 0.29) is 17.4 Å². The largest absolute Gasteiger partial charge is 0.508 e. The van der Waals surface area contributed by atoms with Gasteiger partial charge >= 0.3 is 6.09 Å². The summed E-state index contributed by atoms with van der Waals surface area (Å²) in [4.78, 5) is 40.8. The molecule has 1 rings (SSSR count). The number of thiol groups is 1. The third kappa shape index (κ3) is 10.2. The zero-order valence-electron chi connectivity index (χ0n) is 21.1. The van der Waals surface area contributed by atoms with E-state index in [1.807, 2.05) is 6.92 Å². The molecule has 0 aliphatic rings. The van der Waals surface area contributed by atoms with Crippen molar-refractivity contribution < 1.29 is 24.2 Å². The molecular weight excluding hydrogens is 454 g/mol. The summed E-state index contributed by atoms with van der Waals surface area (Å²) in [5.41, 5.74) is -0.230. The molecule has 8 nitrogen and oxygen atoms in total. The molecule has 3 N–H and O–H groups in total. The molecule has 0 spiro atoms. The molecule has 3 amide bonds. The summed E-state index contributed by atoms with van der Waals surface area (Å²) in [5.74, 6) is -0.736. The van der Waals surface area contributed by atoms with Gasteiger partial charge in [-0.1, -0.05) is 45.2 Å². The number of aromatic hydroxyl groups is 1. The number of alkyl carbamates (subject to hydrolysis) is 1. The highest BCUT2D eigenvalue weighted by atomic mass is 32.1. The fraction of sp³-hybridized carbons (Fsp3) is 0.640. The Balaban J connectivity index is 3.27. The Kier molecular flexibility index (Phi) is 12.9. The number of phenolic OH excluding ortho intramolecular Hbond substituents is 1. The third-order valence-corrected chi connectivity index (χ3v) is 5.40. The van der Waals surface area contributed by atoms with Crippen molar-refractivity contribution in [1.82, 2.24) is 15.5 Å². The smallest absolute Gasteiger partial charge is 0.408 e. The first-order chi connectivity index (χ1) is 16.0. The summed E-state index contributed by atoms with van der Waals surface area (Å²) in [6, 6.07) is 4.40. The maximum absolute atomic E-state index is 13.6. The molecule has 0 aliphatic heterocycles. The van der Waals surface area contributed by atoms with Gasteiger partial charge in [-0.2, -0.15) is 12.6 Å². The van der Waals surface area contributed by atoms with Crippen LogP contribution in [0.4, 0.5) is 4.79 Å². The first-order valence-corrected chi connectivity index (χ1v) is 12.6. The van der Waals surface area contributed by atoms with Crippen LogP contribution < -0.4 is 10.6 Å². The Morgan fingerprint density at radius 1 is 1.12 bits per heavy atom. The van der Waals surface area contributed by atoms with Gasteiger partial charge in [-0.25, -0.2) is 4.79 Å². The molecule has 0 bridgehead atoms. The molecule has 0 heterocycles. The van der Waals surface area contributed by atoms with Gasteiger partial charge in [0.2, 0.25) is 11.8 Å². The zero-order valence-corrected chi connectivity index (χ0v) is 22.0. The summed E-state index contributed by atoms with van der Waals surface area (Å²) in [6.45, 7) is 10.1. The molecule has 0 fully saturated rings. The summed E-state index contributed by atoms with van der Waals surface area (Å²) < 4.78 is 5.30. The molecule has 0 aliphatic carbocycles. The zero-order chi connectivity index (χ0) is 25.7. The number of hydrogen-bond donors (Lipinski definition) is 4. The normalized spacial score (nSPS) is 13.0. The van der Waals surface area contributed by atoms with Crippen molar-refractivity contribution in [3.05, 3.63) is 29.8 Å². The number of unbranched alkanes of at least 4 members (excludes halogenated alkanes) is 3. The van der Waals surface area contributed by atoms with E-state index < -0.39 is 29.7 Å². The lowest BCUT2D eigenvalue weighted by atomic mass is 10.0. The molecule has 0 saturated carbocycles. The van der Waals surface area contributed by atoms with E-state index >= 15 is 0 Å². The van der Waals surface area contributed by atoms with Gasteiger partial charge in [0.25, 0.3) is 0 Å². The summed E-state index contributed by atoms with van der Waals surface area (Å²) in [7, 11) is 0. The topological polar surface area (TPSA) is 108 Å². The van der Waals surface area contributed by atoms with Crippen molar-refractivity contribution >= 4 is 30.5 Å². The number of nitrogens with zero attached hydrogens (tertiary/aromatic N) is 1. The van der Waals surface area contributed by atoms with Crippen LogP contribution in [-0.2, 0) is 14.3 Å². The van der Waals surface area contributed by atoms with Crippen molar-refractivity contribution in [1.29, 1.82) is 0 Å². The van der Waals surface area contributed by atoms with Gasteiger partial charge in [0.1, 0.15) is 23.4 Å². The average Bonchev–Trinajstić information content (AvgIpc) is 2.76. The Labute approximate surface area is 209 Å². The van der Waals surface area contributed by atoms with E-state index in [2.05, 4.69) is 30.2 Å².